The third kappa shape index (κ3) is 2.86. The zero-order valence-electron chi connectivity index (χ0n) is 14.5. The van der Waals surface area contributed by atoms with Gasteiger partial charge in [-0.25, -0.2) is 4.98 Å². The number of aromatic nitrogens is 4. The number of H-pyrrole nitrogens is 1. The van der Waals surface area contributed by atoms with E-state index in [2.05, 4.69) is 20.1 Å². The van der Waals surface area contributed by atoms with Crippen LogP contribution in [0.3, 0.4) is 0 Å². The second kappa shape index (κ2) is 6.72. The van der Waals surface area contributed by atoms with Gasteiger partial charge in [-0.2, -0.15) is 9.99 Å². The Morgan fingerprint density at radius 1 is 1.46 bits per heavy atom. The van der Waals surface area contributed by atoms with E-state index in [1.54, 1.807) is 24.5 Å². The molecule has 0 bridgehead atoms. The number of rotatable bonds is 3. The molecule has 8 nitrogen and oxygen atoms in total. The largest absolute Gasteiger partial charge is 0.546 e. The van der Waals surface area contributed by atoms with Crippen LogP contribution >= 0.6 is 8.03 Å². The van der Waals surface area contributed by atoms with Crippen LogP contribution in [0, 0.1) is 6.92 Å². The van der Waals surface area contributed by atoms with E-state index in [-0.39, 0.29) is 6.04 Å². The molecule has 1 aliphatic heterocycles. The van der Waals surface area contributed by atoms with Crippen LogP contribution in [0.5, 0.6) is 0 Å². The van der Waals surface area contributed by atoms with Gasteiger partial charge in [0.1, 0.15) is 17.0 Å². The number of pyridine rings is 2. The van der Waals surface area contributed by atoms with Crippen LogP contribution in [0.1, 0.15) is 12.5 Å². The molecule has 1 unspecified atom stereocenters. The van der Waals surface area contributed by atoms with Gasteiger partial charge in [-0.15, -0.1) is 0 Å². The molecule has 1 fully saturated rings. The number of aryl methyl sites for hydroxylation is 1. The molecular weight excluding hydrogens is 353 g/mol. The first kappa shape index (κ1) is 17.0. The summed E-state index contributed by atoms with van der Waals surface area (Å²) in [6.45, 7) is 5.80. The summed E-state index contributed by atoms with van der Waals surface area (Å²) >= 11 is 0. The summed E-state index contributed by atoms with van der Waals surface area (Å²) in [6.07, 6.45) is 3.34. The van der Waals surface area contributed by atoms with E-state index in [1.807, 2.05) is 13.8 Å². The highest BCUT2D eigenvalue weighted by molar-refractivity contribution is 7.48. The highest BCUT2D eigenvalue weighted by Gasteiger charge is 2.29. The van der Waals surface area contributed by atoms with Crippen molar-refractivity contribution in [3.05, 3.63) is 30.1 Å². The lowest BCUT2D eigenvalue weighted by Crippen LogP contribution is -2.44. The van der Waals surface area contributed by atoms with E-state index >= 15 is 0 Å². The molecule has 26 heavy (non-hydrogen) atoms. The third-order valence-corrected chi connectivity index (χ3v) is 5.38. The van der Waals surface area contributed by atoms with E-state index in [0.717, 1.165) is 5.56 Å². The van der Waals surface area contributed by atoms with Crippen LogP contribution < -0.4 is 10.2 Å². The average Bonchev–Trinajstić information content (AvgIpc) is 3.16. The number of hydrogen-bond acceptors (Lipinski definition) is 6. The Kier molecular flexibility index (Phi) is 4.40. The molecular formula is C17H19N5O3P+. The van der Waals surface area contributed by atoms with Crippen LogP contribution in [0.2, 0.25) is 0 Å². The summed E-state index contributed by atoms with van der Waals surface area (Å²) in [7, 11) is -2.53. The number of hydrogen-bond donors (Lipinski definition) is 2. The second-order valence-corrected chi connectivity index (χ2v) is 7.40. The number of anilines is 1. The standard InChI is InChI=1S/C17H18N5O3P/c1-10-8-18-16(12-3-4-19-21-12)17-15(10)13(26(23)24)7-14(20-17)22-5-6-25-9-11(22)2/h3-4,7-8,11H,5-6,9H2,1-2H3,(H-,19,21,23,24)/p+1/t11-/m1/s1. The molecule has 1 aliphatic rings. The first-order valence-electron chi connectivity index (χ1n) is 8.37. The maximum absolute atomic E-state index is 12.1. The van der Waals surface area contributed by atoms with E-state index in [9.17, 15) is 9.46 Å². The van der Waals surface area contributed by atoms with Crippen molar-refractivity contribution >= 4 is 30.1 Å². The maximum Gasteiger partial charge on any atom is 0.546 e. The zero-order valence-corrected chi connectivity index (χ0v) is 15.4. The van der Waals surface area contributed by atoms with E-state index < -0.39 is 8.03 Å². The predicted molar refractivity (Wildman–Crippen MR) is 98.9 cm³/mol. The topological polar surface area (TPSA) is 104 Å². The summed E-state index contributed by atoms with van der Waals surface area (Å²) in [4.78, 5) is 21.4. The minimum atomic E-state index is -2.53. The van der Waals surface area contributed by atoms with Crippen molar-refractivity contribution in [2.24, 2.45) is 0 Å². The molecule has 0 radical (unpaired) electrons. The van der Waals surface area contributed by atoms with Crippen LogP contribution in [-0.4, -0.2) is 50.9 Å². The summed E-state index contributed by atoms with van der Waals surface area (Å²) in [6, 6.07) is 3.65. The van der Waals surface area contributed by atoms with Gasteiger partial charge in [-0.1, -0.05) is 0 Å². The van der Waals surface area contributed by atoms with Crippen LogP contribution in [-0.2, 0) is 9.30 Å². The number of nitrogens with one attached hydrogen (secondary N) is 1. The number of fused-ring (bicyclic) bond motifs is 1. The highest BCUT2D eigenvalue weighted by Crippen LogP contribution is 2.32. The van der Waals surface area contributed by atoms with Crippen molar-refractivity contribution in [3.63, 3.8) is 0 Å². The third-order valence-electron chi connectivity index (χ3n) is 4.61. The normalized spacial score (nSPS) is 18.3. The van der Waals surface area contributed by atoms with Crippen molar-refractivity contribution < 1.29 is 14.2 Å². The monoisotopic (exact) mass is 372 g/mol. The Bertz CT molecular complexity index is 976. The molecule has 2 atom stereocenters. The SMILES string of the molecule is Cc1cnc(-c2ccn[nH]2)c2nc(N3CCOC[C@H]3C)cc([P+](=O)O)c12. The maximum atomic E-state index is 12.1. The minimum absolute atomic E-state index is 0.131. The Morgan fingerprint density at radius 2 is 2.31 bits per heavy atom. The number of ether oxygens (including phenoxy) is 1. The van der Waals surface area contributed by atoms with Gasteiger partial charge in [-0.3, -0.25) is 10.1 Å². The van der Waals surface area contributed by atoms with Crippen LogP contribution in [0.25, 0.3) is 22.3 Å². The van der Waals surface area contributed by atoms with Crippen molar-refractivity contribution in [1.82, 2.24) is 20.2 Å². The minimum Gasteiger partial charge on any atom is -0.377 e. The van der Waals surface area contributed by atoms with Gasteiger partial charge in [0, 0.05) is 25.0 Å². The van der Waals surface area contributed by atoms with Crippen molar-refractivity contribution in [2.75, 3.05) is 24.7 Å². The Morgan fingerprint density at radius 3 is 3.00 bits per heavy atom. The quantitative estimate of drug-likeness (QED) is 0.677. The Labute approximate surface area is 151 Å². The fraction of sp³-hybridized carbons (Fsp3) is 0.353. The predicted octanol–water partition coefficient (Wildman–Crippen LogP) is 1.91. The lowest BCUT2D eigenvalue weighted by atomic mass is 10.1. The molecule has 2 N–H and O–H groups in total. The molecule has 1 saturated heterocycles. The molecule has 9 heteroatoms. The summed E-state index contributed by atoms with van der Waals surface area (Å²) < 4.78 is 17.6. The number of morpholine rings is 1. The molecule has 4 heterocycles. The van der Waals surface area contributed by atoms with Gasteiger partial charge in [0.25, 0.3) is 0 Å². The van der Waals surface area contributed by atoms with Gasteiger partial charge >= 0.3 is 8.03 Å². The molecule has 134 valence electrons. The van der Waals surface area contributed by atoms with Crippen LogP contribution in [0.15, 0.2) is 24.5 Å². The first-order chi connectivity index (χ1) is 12.6. The fourth-order valence-corrected chi connectivity index (χ4v) is 4.02. The molecule has 0 aromatic carbocycles. The van der Waals surface area contributed by atoms with Crippen LogP contribution in [0.4, 0.5) is 5.82 Å². The highest BCUT2D eigenvalue weighted by atomic mass is 31.1. The van der Waals surface area contributed by atoms with Gasteiger partial charge in [0.2, 0.25) is 5.30 Å². The van der Waals surface area contributed by atoms with Crippen molar-refractivity contribution in [2.45, 2.75) is 19.9 Å². The average molecular weight is 372 g/mol. The molecule has 3 aromatic heterocycles. The molecule has 0 aliphatic carbocycles. The van der Waals surface area contributed by atoms with E-state index in [0.29, 0.717) is 53.2 Å². The molecule has 4 rings (SSSR count). The Balaban J connectivity index is 2.01. The summed E-state index contributed by atoms with van der Waals surface area (Å²) in [5, 5.41) is 7.92. The van der Waals surface area contributed by atoms with E-state index in [4.69, 9.17) is 9.72 Å². The van der Waals surface area contributed by atoms with E-state index in [1.165, 1.54) is 0 Å². The molecule has 0 amide bonds. The van der Waals surface area contributed by atoms with Gasteiger partial charge in [0.15, 0.2) is 0 Å². The zero-order chi connectivity index (χ0) is 18.3. The van der Waals surface area contributed by atoms with Gasteiger partial charge in [0.05, 0.1) is 30.3 Å². The van der Waals surface area contributed by atoms with Crippen molar-refractivity contribution in [3.8, 4) is 11.4 Å². The summed E-state index contributed by atoms with van der Waals surface area (Å²) in [5.41, 5.74) is 2.74. The first-order valence-corrected chi connectivity index (χ1v) is 9.58. The lowest BCUT2D eigenvalue weighted by molar-refractivity contribution is 0.0986. The van der Waals surface area contributed by atoms with Gasteiger partial charge < -0.3 is 9.64 Å². The number of nitrogens with zero attached hydrogens (tertiary/aromatic N) is 4. The fourth-order valence-electron chi connectivity index (χ4n) is 3.32. The molecule has 3 aromatic rings. The lowest BCUT2D eigenvalue weighted by Gasteiger charge is -2.34. The smallest absolute Gasteiger partial charge is 0.377 e. The Hall–Kier alpha value is -2.41. The molecule has 0 spiro atoms. The second-order valence-electron chi connectivity index (χ2n) is 6.37. The summed E-state index contributed by atoms with van der Waals surface area (Å²) in [5.74, 6) is 0.661. The molecule has 0 saturated carbocycles. The van der Waals surface area contributed by atoms with Crippen molar-refractivity contribution in [1.29, 1.82) is 0 Å². The number of aromatic amines is 1. The van der Waals surface area contributed by atoms with Gasteiger partial charge in [-0.05, 0) is 30.0 Å².